The lowest BCUT2D eigenvalue weighted by atomic mass is 9.87. The largest absolute Gasteiger partial charge is 0.494 e. The van der Waals surface area contributed by atoms with Gasteiger partial charge in [-0.1, -0.05) is 45.0 Å². The number of fused-ring (bicyclic) bond motifs is 1. The molecule has 1 N–H and O–H groups in total. The Morgan fingerprint density at radius 3 is 2.30 bits per heavy atom. The lowest BCUT2D eigenvalue weighted by molar-refractivity contribution is 0.340. The first kappa shape index (κ1) is 20.4. The van der Waals surface area contributed by atoms with E-state index in [4.69, 9.17) is 4.74 Å². The van der Waals surface area contributed by atoms with Gasteiger partial charge in [0.2, 0.25) is 0 Å². The van der Waals surface area contributed by atoms with E-state index in [1.54, 1.807) is 17.7 Å². The molecule has 0 saturated heterocycles. The number of nitrogens with zero attached hydrogens (tertiary/aromatic N) is 2. The van der Waals surface area contributed by atoms with E-state index in [1.165, 1.54) is 16.0 Å². The van der Waals surface area contributed by atoms with Crippen molar-refractivity contribution >= 4 is 33.1 Å². The Balaban J connectivity index is 1.74. The van der Waals surface area contributed by atoms with E-state index in [2.05, 4.69) is 79.4 Å². The summed E-state index contributed by atoms with van der Waals surface area (Å²) in [6.07, 6.45) is 1.63. The average Bonchev–Trinajstić information content (AvgIpc) is 3.05. The zero-order valence-corrected chi connectivity index (χ0v) is 18.9. The molecule has 0 bridgehead atoms. The van der Waals surface area contributed by atoms with Crippen molar-refractivity contribution in [2.75, 3.05) is 11.9 Å². The molecule has 0 radical (unpaired) electrons. The van der Waals surface area contributed by atoms with Gasteiger partial charge in [0.1, 0.15) is 22.7 Å². The molecule has 0 aliphatic rings. The second-order valence-corrected chi connectivity index (χ2v) is 9.55. The average molecular weight is 418 g/mol. The highest BCUT2D eigenvalue weighted by Crippen LogP contribution is 2.41. The topological polar surface area (TPSA) is 47.0 Å². The summed E-state index contributed by atoms with van der Waals surface area (Å²) < 4.78 is 5.60. The van der Waals surface area contributed by atoms with Gasteiger partial charge in [0.05, 0.1) is 12.0 Å². The first-order valence-electron chi connectivity index (χ1n) is 10.2. The van der Waals surface area contributed by atoms with Crippen LogP contribution in [0.2, 0.25) is 0 Å². The Morgan fingerprint density at radius 1 is 0.967 bits per heavy atom. The SMILES string of the molecule is CCOc1ccc(-c2c(C)sc3ncnc(Nc4ccc(C(C)(C)C)cc4)c23)cc1. The number of nitrogens with one attached hydrogen (secondary N) is 1. The number of ether oxygens (including phenoxy) is 1. The fourth-order valence-electron chi connectivity index (χ4n) is 3.56. The predicted molar refractivity (Wildman–Crippen MR) is 127 cm³/mol. The highest BCUT2D eigenvalue weighted by molar-refractivity contribution is 7.19. The van der Waals surface area contributed by atoms with E-state index in [0.717, 1.165) is 33.0 Å². The van der Waals surface area contributed by atoms with Crippen LogP contribution in [0.3, 0.4) is 0 Å². The third-order valence-corrected chi connectivity index (χ3v) is 6.15. The summed E-state index contributed by atoms with van der Waals surface area (Å²) in [4.78, 5) is 11.3. The number of hydrogen-bond donors (Lipinski definition) is 1. The summed E-state index contributed by atoms with van der Waals surface area (Å²) in [7, 11) is 0. The first-order valence-corrected chi connectivity index (χ1v) is 11.0. The Bertz CT molecular complexity index is 1160. The fraction of sp³-hybridized carbons (Fsp3) is 0.280. The maximum Gasteiger partial charge on any atom is 0.143 e. The van der Waals surface area contributed by atoms with Crippen LogP contribution in [0.1, 0.15) is 38.1 Å². The van der Waals surface area contributed by atoms with Gasteiger partial charge in [0, 0.05) is 16.1 Å². The van der Waals surface area contributed by atoms with Crippen LogP contribution in [0.15, 0.2) is 54.9 Å². The molecule has 4 aromatic rings. The van der Waals surface area contributed by atoms with E-state index < -0.39 is 0 Å². The molecular weight excluding hydrogens is 390 g/mol. The number of aromatic nitrogens is 2. The summed E-state index contributed by atoms with van der Waals surface area (Å²) in [6, 6.07) is 16.8. The van der Waals surface area contributed by atoms with E-state index in [1.807, 2.05) is 19.1 Å². The molecule has 0 spiro atoms. The molecular formula is C25H27N3OS. The molecule has 4 nitrogen and oxygen atoms in total. The Labute approximate surface area is 182 Å². The molecule has 0 atom stereocenters. The van der Waals surface area contributed by atoms with Crippen LogP contribution in [-0.4, -0.2) is 16.6 Å². The molecule has 0 fully saturated rings. The molecule has 0 aliphatic carbocycles. The van der Waals surface area contributed by atoms with Crippen LogP contribution in [-0.2, 0) is 5.41 Å². The number of rotatable bonds is 5. The molecule has 2 heterocycles. The Hall–Kier alpha value is -2.92. The quantitative estimate of drug-likeness (QED) is 0.376. The molecule has 2 aromatic heterocycles. The summed E-state index contributed by atoms with van der Waals surface area (Å²) in [6.45, 7) is 11.5. The number of benzene rings is 2. The molecule has 4 rings (SSSR count). The number of hydrogen-bond acceptors (Lipinski definition) is 5. The number of thiophene rings is 1. The maximum absolute atomic E-state index is 5.60. The fourth-order valence-corrected chi connectivity index (χ4v) is 4.57. The van der Waals surface area contributed by atoms with Crippen molar-refractivity contribution in [3.05, 3.63) is 65.3 Å². The van der Waals surface area contributed by atoms with Crippen LogP contribution in [0.4, 0.5) is 11.5 Å². The lowest BCUT2D eigenvalue weighted by Gasteiger charge is -2.19. The zero-order valence-electron chi connectivity index (χ0n) is 18.1. The second kappa shape index (κ2) is 8.07. The van der Waals surface area contributed by atoms with Crippen LogP contribution < -0.4 is 10.1 Å². The van der Waals surface area contributed by atoms with Gasteiger partial charge in [-0.05, 0) is 54.7 Å². The Kier molecular flexibility index (Phi) is 5.48. The zero-order chi connectivity index (χ0) is 21.3. The van der Waals surface area contributed by atoms with Crippen molar-refractivity contribution in [1.82, 2.24) is 9.97 Å². The molecule has 2 aromatic carbocycles. The summed E-state index contributed by atoms with van der Waals surface area (Å²) in [5, 5.41) is 4.57. The third kappa shape index (κ3) is 4.03. The van der Waals surface area contributed by atoms with E-state index in [9.17, 15) is 0 Å². The summed E-state index contributed by atoms with van der Waals surface area (Å²) in [5.74, 6) is 1.71. The molecule has 0 saturated carbocycles. The van der Waals surface area contributed by atoms with Crippen molar-refractivity contribution in [3.8, 4) is 16.9 Å². The van der Waals surface area contributed by atoms with E-state index in [-0.39, 0.29) is 5.41 Å². The minimum absolute atomic E-state index is 0.131. The summed E-state index contributed by atoms with van der Waals surface area (Å²) >= 11 is 1.70. The van der Waals surface area contributed by atoms with Crippen LogP contribution in [0.5, 0.6) is 5.75 Å². The molecule has 30 heavy (non-hydrogen) atoms. The maximum atomic E-state index is 5.60. The smallest absolute Gasteiger partial charge is 0.143 e. The predicted octanol–water partition coefficient (Wildman–Crippen LogP) is 7.11. The van der Waals surface area contributed by atoms with Gasteiger partial charge in [-0.25, -0.2) is 9.97 Å². The van der Waals surface area contributed by atoms with Gasteiger partial charge < -0.3 is 10.1 Å². The number of aryl methyl sites for hydroxylation is 1. The van der Waals surface area contributed by atoms with Gasteiger partial charge in [-0.3, -0.25) is 0 Å². The van der Waals surface area contributed by atoms with Crippen molar-refractivity contribution in [2.24, 2.45) is 0 Å². The summed E-state index contributed by atoms with van der Waals surface area (Å²) in [5.41, 5.74) is 4.77. The minimum Gasteiger partial charge on any atom is -0.494 e. The minimum atomic E-state index is 0.131. The van der Waals surface area contributed by atoms with Crippen molar-refractivity contribution < 1.29 is 4.74 Å². The van der Waals surface area contributed by atoms with Crippen LogP contribution in [0, 0.1) is 6.92 Å². The van der Waals surface area contributed by atoms with Crippen molar-refractivity contribution in [2.45, 2.75) is 40.0 Å². The molecule has 5 heteroatoms. The number of anilines is 2. The monoisotopic (exact) mass is 417 g/mol. The third-order valence-electron chi connectivity index (χ3n) is 5.13. The van der Waals surface area contributed by atoms with Gasteiger partial charge >= 0.3 is 0 Å². The molecule has 0 amide bonds. The van der Waals surface area contributed by atoms with Crippen molar-refractivity contribution in [3.63, 3.8) is 0 Å². The first-order chi connectivity index (χ1) is 14.4. The standard InChI is InChI=1S/C25H27N3OS/c1-6-29-20-13-7-17(8-14-20)21-16(2)30-24-22(21)23(26-15-27-24)28-19-11-9-18(10-12-19)25(3,4)5/h7-15H,6H2,1-5H3,(H,26,27,28). The lowest BCUT2D eigenvalue weighted by Crippen LogP contribution is -2.10. The molecule has 0 unspecified atom stereocenters. The second-order valence-electron chi connectivity index (χ2n) is 8.35. The van der Waals surface area contributed by atoms with Gasteiger partial charge in [0.15, 0.2) is 0 Å². The van der Waals surface area contributed by atoms with E-state index in [0.29, 0.717) is 6.61 Å². The van der Waals surface area contributed by atoms with Crippen molar-refractivity contribution in [1.29, 1.82) is 0 Å². The normalized spacial score (nSPS) is 11.6. The Morgan fingerprint density at radius 2 is 1.67 bits per heavy atom. The van der Waals surface area contributed by atoms with Gasteiger partial charge in [-0.2, -0.15) is 0 Å². The highest BCUT2D eigenvalue weighted by Gasteiger charge is 2.18. The molecule has 154 valence electrons. The van der Waals surface area contributed by atoms with E-state index >= 15 is 0 Å². The van der Waals surface area contributed by atoms with Gasteiger partial charge in [-0.15, -0.1) is 11.3 Å². The van der Waals surface area contributed by atoms with Gasteiger partial charge in [0.25, 0.3) is 0 Å². The molecule has 0 aliphatic heterocycles. The van der Waals surface area contributed by atoms with Crippen LogP contribution >= 0.6 is 11.3 Å². The highest BCUT2D eigenvalue weighted by atomic mass is 32.1. The van der Waals surface area contributed by atoms with Crippen LogP contribution in [0.25, 0.3) is 21.3 Å².